The molecule has 4 rings (SSSR count). The van der Waals surface area contributed by atoms with Gasteiger partial charge in [0.05, 0.1) is 12.3 Å². The molecule has 0 saturated carbocycles. The molecule has 0 bridgehead atoms. The number of benzene rings is 2. The maximum atomic E-state index is 14.5. The minimum atomic E-state index is -1.52. The Morgan fingerprint density at radius 3 is 2.61 bits per heavy atom. The van der Waals surface area contributed by atoms with E-state index in [1.54, 1.807) is 0 Å². The SMILES string of the molecule is O=C1CCc2c(OC[C@@]3(O)CCN(c4c(F)cc(Cl)cc4F)C[C@H]3CCOC(=O)O)ccc(F)c2N1. The van der Waals surface area contributed by atoms with Gasteiger partial charge in [-0.3, -0.25) is 4.79 Å². The van der Waals surface area contributed by atoms with Gasteiger partial charge < -0.3 is 29.9 Å². The zero-order chi connectivity index (χ0) is 26.0. The van der Waals surface area contributed by atoms with Gasteiger partial charge in [0.15, 0.2) is 11.6 Å². The number of anilines is 2. The van der Waals surface area contributed by atoms with E-state index in [9.17, 15) is 27.9 Å². The van der Waals surface area contributed by atoms with E-state index >= 15 is 0 Å². The highest BCUT2D eigenvalue weighted by Gasteiger charge is 2.43. The number of amides is 1. The molecule has 3 N–H and O–H groups in total. The zero-order valence-electron chi connectivity index (χ0n) is 19.0. The number of hydrogen-bond donors (Lipinski definition) is 3. The van der Waals surface area contributed by atoms with Gasteiger partial charge in [-0.25, -0.2) is 18.0 Å². The largest absolute Gasteiger partial charge is 0.505 e. The predicted molar refractivity (Wildman–Crippen MR) is 124 cm³/mol. The lowest BCUT2D eigenvalue weighted by Gasteiger charge is -2.45. The lowest BCUT2D eigenvalue weighted by Crippen LogP contribution is -2.55. The average Bonchev–Trinajstić information content (AvgIpc) is 2.80. The summed E-state index contributed by atoms with van der Waals surface area (Å²) in [6, 6.07) is 4.54. The van der Waals surface area contributed by atoms with E-state index in [-0.39, 0.29) is 80.0 Å². The van der Waals surface area contributed by atoms with Crippen LogP contribution in [-0.2, 0) is 16.0 Å². The molecule has 0 aromatic heterocycles. The summed E-state index contributed by atoms with van der Waals surface area (Å²) < 4.78 is 53.8. The van der Waals surface area contributed by atoms with Crippen LogP contribution in [0.15, 0.2) is 24.3 Å². The van der Waals surface area contributed by atoms with Crippen molar-refractivity contribution in [3.05, 3.63) is 52.3 Å². The third-order valence-electron chi connectivity index (χ3n) is 6.57. The molecule has 12 heteroatoms. The van der Waals surface area contributed by atoms with E-state index < -0.39 is 35.1 Å². The van der Waals surface area contributed by atoms with E-state index in [1.807, 2.05) is 0 Å². The Morgan fingerprint density at radius 2 is 1.92 bits per heavy atom. The highest BCUT2D eigenvalue weighted by Crippen LogP contribution is 2.38. The molecule has 2 heterocycles. The minimum absolute atomic E-state index is 0.0180. The van der Waals surface area contributed by atoms with Gasteiger partial charge in [0.1, 0.15) is 29.5 Å². The third kappa shape index (κ3) is 5.46. The summed E-state index contributed by atoms with van der Waals surface area (Å²) in [5.74, 6) is -3.05. The van der Waals surface area contributed by atoms with E-state index in [1.165, 1.54) is 11.0 Å². The third-order valence-corrected chi connectivity index (χ3v) is 6.79. The van der Waals surface area contributed by atoms with Crippen molar-refractivity contribution < 1.29 is 42.4 Å². The molecule has 194 valence electrons. The molecule has 36 heavy (non-hydrogen) atoms. The van der Waals surface area contributed by atoms with Crippen LogP contribution in [0, 0.1) is 23.4 Å². The molecule has 2 aromatic rings. The number of hydrogen-bond acceptors (Lipinski definition) is 6. The van der Waals surface area contributed by atoms with Gasteiger partial charge >= 0.3 is 6.16 Å². The first-order valence-corrected chi connectivity index (χ1v) is 11.7. The Bertz CT molecular complexity index is 1160. The standard InChI is InChI=1S/C24H24ClF3N2O6/c25-14-9-17(27)22(18(28)10-14)30-7-6-24(34,13(11-30)5-8-35-23(32)33)12-36-19-3-2-16(26)21-15(19)1-4-20(31)29-21/h2-3,9-10,13,34H,1,4-8,11-12H2,(H,29,31)(H,32,33)/t13-,24+/m1/s1. The molecule has 1 fully saturated rings. The zero-order valence-corrected chi connectivity index (χ0v) is 19.8. The van der Waals surface area contributed by atoms with Gasteiger partial charge in [0.25, 0.3) is 0 Å². The number of nitrogens with zero attached hydrogens (tertiary/aromatic N) is 1. The quantitative estimate of drug-likeness (QED) is 0.458. The number of nitrogens with one attached hydrogen (secondary N) is 1. The molecule has 2 atom stereocenters. The molecular formula is C24H24ClF3N2O6. The molecule has 1 amide bonds. The number of piperidine rings is 1. The lowest BCUT2D eigenvalue weighted by molar-refractivity contribution is -0.116. The summed E-state index contributed by atoms with van der Waals surface area (Å²) in [5.41, 5.74) is -1.32. The molecule has 0 aliphatic carbocycles. The first-order valence-electron chi connectivity index (χ1n) is 11.3. The Hall–Kier alpha value is -3.18. The van der Waals surface area contributed by atoms with Crippen molar-refractivity contribution in [1.82, 2.24) is 0 Å². The molecule has 8 nitrogen and oxygen atoms in total. The smallest absolute Gasteiger partial charge is 0.490 e. The first-order chi connectivity index (χ1) is 17.1. The Balaban J connectivity index is 1.55. The van der Waals surface area contributed by atoms with E-state index in [4.69, 9.17) is 21.4 Å². The van der Waals surface area contributed by atoms with E-state index in [2.05, 4.69) is 10.1 Å². The van der Waals surface area contributed by atoms with Crippen LogP contribution in [0.3, 0.4) is 0 Å². The second-order valence-corrected chi connectivity index (χ2v) is 9.29. The number of carboxylic acid groups (broad SMARTS) is 1. The first kappa shape index (κ1) is 25.9. The number of aliphatic hydroxyl groups is 1. The summed E-state index contributed by atoms with van der Waals surface area (Å²) >= 11 is 5.73. The van der Waals surface area contributed by atoms with E-state index in [0.29, 0.717) is 5.56 Å². The molecular weight excluding hydrogens is 505 g/mol. The summed E-state index contributed by atoms with van der Waals surface area (Å²) in [5, 5.41) is 22.7. The second-order valence-electron chi connectivity index (χ2n) is 8.85. The molecule has 0 spiro atoms. The molecule has 0 radical (unpaired) electrons. The van der Waals surface area contributed by atoms with Gasteiger partial charge in [-0.2, -0.15) is 0 Å². The summed E-state index contributed by atoms with van der Waals surface area (Å²) in [6.07, 6.45) is -0.994. The molecule has 2 aromatic carbocycles. The van der Waals surface area contributed by atoms with Crippen LogP contribution in [0.5, 0.6) is 5.75 Å². The highest BCUT2D eigenvalue weighted by molar-refractivity contribution is 6.30. The van der Waals surface area contributed by atoms with Gasteiger partial charge in [-0.1, -0.05) is 11.6 Å². The second kappa shape index (κ2) is 10.4. The van der Waals surface area contributed by atoms with Crippen molar-refractivity contribution in [2.24, 2.45) is 5.92 Å². The number of carbonyl (C=O) groups is 2. The fourth-order valence-corrected chi connectivity index (χ4v) is 4.89. The molecule has 0 unspecified atom stereocenters. The maximum absolute atomic E-state index is 14.5. The lowest BCUT2D eigenvalue weighted by atomic mass is 9.79. The van der Waals surface area contributed by atoms with Crippen molar-refractivity contribution in [2.45, 2.75) is 31.3 Å². The van der Waals surface area contributed by atoms with Crippen molar-refractivity contribution in [1.29, 1.82) is 0 Å². The monoisotopic (exact) mass is 528 g/mol. The highest BCUT2D eigenvalue weighted by atomic mass is 35.5. The van der Waals surface area contributed by atoms with Gasteiger partial charge in [-0.15, -0.1) is 0 Å². The van der Waals surface area contributed by atoms with Crippen molar-refractivity contribution in [3.63, 3.8) is 0 Å². The van der Waals surface area contributed by atoms with Crippen LogP contribution in [-0.4, -0.2) is 54.2 Å². The maximum Gasteiger partial charge on any atom is 0.505 e. The van der Waals surface area contributed by atoms with Crippen LogP contribution in [0.1, 0.15) is 24.8 Å². The number of fused-ring (bicyclic) bond motifs is 1. The molecule has 2 aliphatic rings. The fraction of sp³-hybridized carbons (Fsp3) is 0.417. The summed E-state index contributed by atoms with van der Waals surface area (Å²) in [7, 11) is 0. The average molecular weight is 529 g/mol. The summed E-state index contributed by atoms with van der Waals surface area (Å²) in [4.78, 5) is 23.9. The fourth-order valence-electron chi connectivity index (χ4n) is 4.70. The van der Waals surface area contributed by atoms with Crippen LogP contribution >= 0.6 is 11.6 Å². The van der Waals surface area contributed by atoms with Crippen molar-refractivity contribution in [2.75, 3.05) is 36.5 Å². The Morgan fingerprint density at radius 1 is 1.19 bits per heavy atom. The minimum Gasteiger partial charge on any atom is -0.490 e. The van der Waals surface area contributed by atoms with Crippen LogP contribution in [0.4, 0.5) is 29.3 Å². The van der Waals surface area contributed by atoms with E-state index in [0.717, 1.165) is 18.2 Å². The Kier molecular flexibility index (Phi) is 7.51. The number of carbonyl (C=O) groups excluding carboxylic acids is 1. The summed E-state index contributed by atoms with van der Waals surface area (Å²) in [6.45, 7) is -0.449. The van der Waals surface area contributed by atoms with Crippen LogP contribution in [0.2, 0.25) is 5.02 Å². The normalized spacial score (nSPS) is 21.5. The number of halogens is 4. The van der Waals surface area contributed by atoms with Gasteiger partial charge in [-0.05, 0) is 43.5 Å². The topological polar surface area (TPSA) is 108 Å². The van der Waals surface area contributed by atoms with Gasteiger partial charge in [0, 0.05) is 36.0 Å². The molecule has 1 saturated heterocycles. The van der Waals surface area contributed by atoms with Crippen molar-refractivity contribution in [3.8, 4) is 5.75 Å². The molecule has 2 aliphatic heterocycles. The van der Waals surface area contributed by atoms with Crippen LogP contribution < -0.4 is 15.0 Å². The van der Waals surface area contributed by atoms with Crippen molar-refractivity contribution >= 4 is 35.0 Å². The van der Waals surface area contributed by atoms with Gasteiger partial charge in [0.2, 0.25) is 5.91 Å². The Labute approximate surface area is 209 Å². The number of rotatable bonds is 7. The number of ether oxygens (including phenoxy) is 2. The predicted octanol–water partition coefficient (Wildman–Crippen LogP) is 4.36. The van der Waals surface area contributed by atoms with Crippen LogP contribution in [0.25, 0.3) is 0 Å².